The maximum atomic E-state index is 13.6. The van der Waals surface area contributed by atoms with Crippen molar-refractivity contribution in [2.45, 2.75) is 31.2 Å². The number of nitriles is 1. The highest BCUT2D eigenvalue weighted by Gasteiger charge is 2.45. The number of carbonyl (C=O) groups is 1. The normalized spacial score (nSPS) is 22.1. The molecule has 1 aromatic heterocycles. The van der Waals surface area contributed by atoms with E-state index in [1.54, 1.807) is 30.5 Å². The first-order valence-corrected chi connectivity index (χ1v) is 9.22. The van der Waals surface area contributed by atoms with Crippen molar-refractivity contribution in [3.63, 3.8) is 0 Å². The van der Waals surface area contributed by atoms with Crippen LogP contribution in [0.5, 0.6) is 0 Å². The van der Waals surface area contributed by atoms with E-state index in [-0.39, 0.29) is 17.4 Å². The third-order valence-electron chi connectivity index (χ3n) is 5.22. The average molecular weight is 368 g/mol. The number of fused-ring (bicyclic) bond motifs is 2. The average Bonchev–Trinajstić information content (AvgIpc) is 3.06. The lowest BCUT2D eigenvalue weighted by atomic mass is 9.76. The Morgan fingerprint density at radius 2 is 2.23 bits per heavy atom. The van der Waals surface area contributed by atoms with E-state index in [1.807, 2.05) is 12.1 Å². The number of benzene rings is 1. The zero-order valence-electron chi connectivity index (χ0n) is 14.2. The zero-order chi connectivity index (χ0) is 18.5. The van der Waals surface area contributed by atoms with Gasteiger partial charge in [0.25, 0.3) is 0 Å². The van der Waals surface area contributed by atoms with Crippen LogP contribution in [0.3, 0.4) is 0 Å². The van der Waals surface area contributed by atoms with Crippen LogP contribution in [-0.4, -0.2) is 23.8 Å². The van der Waals surface area contributed by atoms with Crippen LogP contribution in [-0.2, 0) is 16.8 Å². The molecule has 2 heterocycles. The summed E-state index contributed by atoms with van der Waals surface area (Å²) in [6.45, 7) is 0. The van der Waals surface area contributed by atoms with Gasteiger partial charge in [0.1, 0.15) is 11.9 Å². The van der Waals surface area contributed by atoms with Gasteiger partial charge < -0.3 is 5.32 Å². The van der Waals surface area contributed by atoms with Gasteiger partial charge in [0.05, 0.1) is 17.5 Å². The lowest BCUT2D eigenvalue weighted by Crippen LogP contribution is -2.60. The monoisotopic (exact) mass is 368 g/mol. The second kappa shape index (κ2) is 5.92. The van der Waals surface area contributed by atoms with E-state index in [4.69, 9.17) is 10.7 Å². The number of guanidine groups is 1. The molecule has 4 rings (SSSR count). The maximum Gasteiger partial charge on any atom is 0.231 e. The zero-order valence-corrected chi connectivity index (χ0v) is 15.0. The second-order valence-corrected chi connectivity index (χ2v) is 7.93. The maximum absolute atomic E-state index is 13.6. The molecule has 1 aliphatic carbocycles. The SMILES string of the molecule is CN1C(=N)NC2(CCCc3sc(-c4ccc(F)c(C#N)c4)cc32)CC1=O. The summed E-state index contributed by atoms with van der Waals surface area (Å²) in [7, 11) is 1.61. The number of halogens is 1. The molecule has 1 unspecified atom stereocenters. The van der Waals surface area contributed by atoms with Crippen LogP contribution in [0.4, 0.5) is 4.39 Å². The molecule has 2 N–H and O–H groups in total. The molecule has 2 aromatic rings. The van der Waals surface area contributed by atoms with E-state index < -0.39 is 11.4 Å². The number of aryl methyl sites for hydroxylation is 1. The molecule has 5 nitrogen and oxygen atoms in total. The van der Waals surface area contributed by atoms with Crippen molar-refractivity contribution in [1.29, 1.82) is 10.7 Å². The summed E-state index contributed by atoms with van der Waals surface area (Å²) in [5.41, 5.74) is 1.34. The number of hydrogen-bond donors (Lipinski definition) is 2. The van der Waals surface area contributed by atoms with E-state index >= 15 is 0 Å². The molecule has 1 aliphatic heterocycles. The van der Waals surface area contributed by atoms with Crippen molar-refractivity contribution in [2.24, 2.45) is 0 Å². The molecule has 1 aromatic carbocycles. The third-order valence-corrected chi connectivity index (χ3v) is 6.47. The minimum absolute atomic E-state index is 0.0259. The molecule has 26 heavy (non-hydrogen) atoms. The van der Waals surface area contributed by atoms with E-state index in [0.717, 1.165) is 35.3 Å². The van der Waals surface area contributed by atoms with Crippen LogP contribution in [0.1, 0.15) is 35.3 Å². The molecule has 1 atom stereocenters. The number of carbonyl (C=O) groups excluding carboxylic acids is 1. The van der Waals surface area contributed by atoms with E-state index in [9.17, 15) is 9.18 Å². The van der Waals surface area contributed by atoms with Gasteiger partial charge in [0, 0.05) is 16.8 Å². The Hall–Kier alpha value is -2.72. The van der Waals surface area contributed by atoms with Crippen molar-refractivity contribution in [1.82, 2.24) is 10.2 Å². The number of nitrogens with zero attached hydrogens (tertiary/aromatic N) is 2. The first kappa shape index (κ1) is 16.7. The van der Waals surface area contributed by atoms with E-state index in [1.165, 1.54) is 15.8 Å². The summed E-state index contributed by atoms with van der Waals surface area (Å²) in [6.07, 6.45) is 2.98. The molecule has 1 amide bonds. The van der Waals surface area contributed by atoms with Gasteiger partial charge in [-0.25, -0.2) is 4.39 Å². The summed E-state index contributed by atoms with van der Waals surface area (Å²) in [5, 5.41) is 20.4. The molecular formula is C19H17FN4OS. The summed E-state index contributed by atoms with van der Waals surface area (Å²) in [5.74, 6) is -0.469. The highest BCUT2D eigenvalue weighted by atomic mass is 32.1. The molecule has 0 radical (unpaired) electrons. The quantitative estimate of drug-likeness (QED) is 0.810. The lowest BCUT2D eigenvalue weighted by molar-refractivity contribution is -0.129. The Morgan fingerprint density at radius 3 is 2.96 bits per heavy atom. The van der Waals surface area contributed by atoms with Gasteiger partial charge in [-0.1, -0.05) is 6.07 Å². The van der Waals surface area contributed by atoms with Crippen LogP contribution < -0.4 is 5.32 Å². The summed E-state index contributed by atoms with van der Waals surface area (Å²) in [4.78, 5) is 15.8. The Morgan fingerprint density at radius 1 is 1.42 bits per heavy atom. The Bertz CT molecular complexity index is 956. The van der Waals surface area contributed by atoms with Crippen LogP contribution in [0.25, 0.3) is 10.4 Å². The molecule has 1 fully saturated rings. The predicted octanol–water partition coefficient (Wildman–Crippen LogP) is 3.34. The number of amides is 1. The molecule has 1 spiro atoms. The molecule has 0 saturated carbocycles. The van der Waals surface area contributed by atoms with Crippen LogP contribution in [0, 0.1) is 22.6 Å². The fourth-order valence-corrected chi connectivity index (χ4v) is 5.08. The van der Waals surface area contributed by atoms with Gasteiger partial charge >= 0.3 is 0 Å². The number of nitrogens with one attached hydrogen (secondary N) is 2. The Labute approximate surface area is 154 Å². The van der Waals surface area contributed by atoms with E-state index in [0.29, 0.717) is 6.42 Å². The van der Waals surface area contributed by atoms with Crippen molar-refractivity contribution >= 4 is 23.2 Å². The topological polar surface area (TPSA) is 80.0 Å². The van der Waals surface area contributed by atoms with Crippen LogP contribution in [0.15, 0.2) is 24.3 Å². The minimum Gasteiger partial charge on any atom is -0.346 e. The molecule has 0 bridgehead atoms. The molecule has 132 valence electrons. The molecular weight excluding hydrogens is 351 g/mol. The number of rotatable bonds is 1. The summed E-state index contributed by atoms with van der Waals surface area (Å²) < 4.78 is 13.6. The summed E-state index contributed by atoms with van der Waals surface area (Å²) >= 11 is 1.62. The van der Waals surface area contributed by atoms with Gasteiger partial charge in [-0.05, 0) is 48.6 Å². The first-order valence-electron chi connectivity index (χ1n) is 8.40. The van der Waals surface area contributed by atoms with Gasteiger partial charge in [-0.2, -0.15) is 5.26 Å². The highest BCUT2D eigenvalue weighted by molar-refractivity contribution is 7.15. The lowest BCUT2D eigenvalue weighted by Gasteiger charge is -2.44. The molecule has 2 aliphatic rings. The fraction of sp³-hybridized carbons (Fsp3) is 0.316. The third kappa shape index (κ3) is 2.49. The fourth-order valence-electron chi connectivity index (χ4n) is 3.78. The van der Waals surface area contributed by atoms with Crippen molar-refractivity contribution < 1.29 is 9.18 Å². The van der Waals surface area contributed by atoms with Crippen LogP contribution >= 0.6 is 11.3 Å². The molecule has 7 heteroatoms. The Balaban J connectivity index is 1.79. The standard InChI is InChI=1S/C19H17FN4OS/c1-24-17(25)9-19(23-18(24)22)6-2-3-15-13(19)8-16(26-15)11-4-5-14(20)12(7-11)10-21/h4-5,7-8H,2-3,6,9H2,1H3,(H2,22,23). The smallest absolute Gasteiger partial charge is 0.231 e. The van der Waals surface area contributed by atoms with Crippen molar-refractivity contribution in [3.8, 4) is 16.5 Å². The van der Waals surface area contributed by atoms with Crippen LogP contribution in [0.2, 0.25) is 0 Å². The first-order chi connectivity index (χ1) is 12.4. The van der Waals surface area contributed by atoms with Crippen molar-refractivity contribution in [2.75, 3.05) is 7.05 Å². The van der Waals surface area contributed by atoms with Gasteiger partial charge in [-0.3, -0.25) is 15.1 Å². The second-order valence-electron chi connectivity index (χ2n) is 6.79. The highest BCUT2D eigenvalue weighted by Crippen LogP contribution is 2.46. The Kier molecular flexibility index (Phi) is 3.81. The van der Waals surface area contributed by atoms with Gasteiger partial charge in [0.15, 0.2) is 5.96 Å². The minimum atomic E-state index is -0.541. The summed E-state index contributed by atoms with van der Waals surface area (Å²) in [6, 6.07) is 8.47. The van der Waals surface area contributed by atoms with Gasteiger partial charge in [0.2, 0.25) is 5.91 Å². The number of thiophene rings is 1. The number of hydrogen-bond acceptors (Lipinski definition) is 4. The van der Waals surface area contributed by atoms with Gasteiger partial charge in [-0.15, -0.1) is 11.3 Å². The molecule has 1 saturated heterocycles. The largest absolute Gasteiger partial charge is 0.346 e. The van der Waals surface area contributed by atoms with Crippen molar-refractivity contribution in [3.05, 3.63) is 46.1 Å². The predicted molar refractivity (Wildman–Crippen MR) is 97.3 cm³/mol. The van der Waals surface area contributed by atoms with E-state index in [2.05, 4.69) is 5.32 Å².